The lowest BCUT2D eigenvalue weighted by Crippen LogP contribution is -2.11. The SMILES string of the molecule is CN(C)CC=C(c1ccccc1)c1cccc(F)c1. The summed E-state index contributed by atoms with van der Waals surface area (Å²) in [4.78, 5) is 2.09. The first-order valence-corrected chi connectivity index (χ1v) is 6.33. The molecule has 2 aromatic carbocycles. The molecule has 0 aliphatic heterocycles. The Morgan fingerprint density at radius 2 is 1.68 bits per heavy atom. The van der Waals surface area contributed by atoms with Crippen LogP contribution < -0.4 is 0 Å². The summed E-state index contributed by atoms with van der Waals surface area (Å²) >= 11 is 0. The van der Waals surface area contributed by atoms with Gasteiger partial charge < -0.3 is 4.90 Å². The number of hydrogen-bond donors (Lipinski definition) is 0. The van der Waals surface area contributed by atoms with E-state index in [2.05, 4.69) is 11.0 Å². The fourth-order valence-corrected chi connectivity index (χ4v) is 1.95. The van der Waals surface area contributed by atoms with Crippen molar-refractivity contribution in [3.05, 3.63) is 77.6 Å². The highest BCUT2D eigenvalue weighted by Gasteiger charge is 2.05. The topological polar surface area (TPSA) is 3.24 Å². The Bertz CT molecular complexity index is 558. The van der Waals surface area contributed by atoms with Gasteiger partial charge in [-0.1, -0.05) is 48.5 Å². The van der Waals surface area contributed by atoms with Crippen LogP contribution in [0.4, 0.5) is 4.39 Å². The minimum Gasteiger partial charge on any atom is -0.306 e. The van der Waals surface area contributed by atoms with Gasteiger partial charge in [0, 0.05) is 6.54 Å². The molecule has 0 saturated carbocycles. The predicted molar refractivity (Wildman–Crippen MR) is 78.5 cm³/mol. The van der Waals surface area contributed by atoms with E-state index >= 15 is 0 Å². The summed E-state index contributed by atoms with van der Waals surface area (Å²) in [7, 11) is 4.04. The molecule has 0 aliphatic rings. The largest absolute Gasteiger partial charge is 0.306 e. The molecule has 0 unspecified atom stereocenters. The van der Waals surface area contributed by atoms with Crippen molar-refractivity contribution in [3.63, 3.8) is 0 Å². The van der Waals surface area contributed by atoms with E-state index in [-0.39, 0.29) is 5.82 Å². The zero-order valence-electron chi connectivity index (χ0n) is 11.3. The van der Waals surface area contributed by atoms with Crippen LogP contribution in [0, 0.1) is 5.82 Å². The molecule has 0 spiro atoms. The molecular formula is C17H18FN. The van der Waals surface area contributed by atoms with Gasteiger partial charge in [0.05, 0.1) is 0 Å². The van der Waals surface area contributed by atoms with E-state index in [1.165, 1.54) is 6.07 Å². The first-order chi connectivity index (χ1) is 9.16. The molecule has 0 N–H and O–H groups in total. The van der Waals surface area contributed by atoms with Crippen molar-refractivity contribution in [3.8, 4) is 0 Å². The van der Waals surface area contributed by atoms with E-state index in [9.17, 15) is 4.39 Å². The molecule has 2 rings (SSSR count). The summed E-state index contributed by atoms with van der Waals surface area (Å²) in [5.74, 6) is -0.204. The standard InChI is InChI=1S/C17H18FN/c1-19(2)12-11-17(14-7-4-3-5-8-14)15-9-6-10-16(18)13-15/h3-11,13H,12H2,1-2H3. The summed E-state index contributed by atoms with van der Waals surface area (Å²) in [6.45, 7) is 0.820. The Labute approximate surface area is 114 Å². The number of nitrogens with zero attached hydrogens (tertiary/aromatic N) is 1. The van der Waals surface area contributed by atoms with Crippen molar-refractivity contribution in [2.75, 3.05) is 20.6 Å². The quantitative estimate of drug-likeness (QED) is 0.802. The molecule has 0 aliphatic carbocycles. The lowest BCUT2D eigenvalue weighted by molar-refractivity contribution is 0.457. The molecule has 0 atom stereocenters. The van der Waals surface area contributed by atoms with Gasteiger partial charge in [-0.2, -0.15) is 0 Å². The van der Waals surface area contributed by atoms with Crippen LogP contribution in [-0.4, -0.2) is 25.5 Å². The van der Waals surface area contributed by atoms with E-state index < -0.39 is 0 Å². The third-order valence-corrected chi connectivity index (χ3v) is 2.88. The second kappa shape index (κ2) is 6.30. The molecule has 0 aromatic heterocycles. The van der Waals surface area contributed by atoms with Crippen LogP contribution in [0.1, 0.15) is 11.1 Å². The predicted octanol–water partition coefficient (Wildman–Crippen LogP) is 3.82. The second-order valence-electron chi connectivity index (χ2n) is 4.76. The third kappa shape index (κ3) is 3.76. The second-order valence-corrected chi connectivity index (χ2v) is 4.76. The van der Waals surface area contributed by atoms with Gasteiger partial charge in [0.25, 0.3) is 0 Å². The maximum absolute atomic E-state index is 13.4. The number of rotatable bonds is 4. The van der Waals surface area contributed by atoms with Gasteiger partial charge in [0.2, 0.25) is 0 Å². The van der Waals surface area contributed by atoms with Crippen LogP contribution in [0.15, 0.2) is 60.7 Å². The summed E-state index contributed by atoms with van der Waals surface area (Å²) in [6.07, 6.45) is 2.13. The lowest BCUT2D eigenvalue weighted by atomic mass is 9.97. The van der Waals surface area contributed by atoms with Gasteiger partial charge in [-0.3, -0.25) is 0 Å². The Kier molecular flexibility index (Phi) is 4.48. The summed E-state index contributed by atoms with van der Waals surface area (Å²) in [6, 6.07) is 16.8. The fourth-order valence-electron chi connectivity index (χ4n) is 1.95. The van der Waals surface area contributed by atoms with Crippen LogP contribution in [-0.2, 0) is 0 Å². The van der Waals surface area contributed by atoms with Crippen LogP contribution in [0.25, 0.3) is 5.57 Å². The minimum atomic E-state index is -0.204. The molecule has 0 fully saturated rings. The highest BCUT2D eigenvalue weighted by atomic mass is 19.1. The monoisotopic (exact) mass is 255 g/mol. The smallest absolute Gasteiger partial charge is 0.123 e. The van der Waals surface area contributed by atoms with Gasteiger partial charge in [0.15, 0.2) is 0 Å². The Balaban J connectivity index is 2.43. The van der Waals surface area contributed by atoms with Crippen molar-refractivity contribution in [2.24, 2.45) is 0 Å². The van der Waals surface area contributed by atoms with Crippen LogP contribution in [0.2, 0.25) is 0 Å². The van der Waals surface area contributed by atoms with Gasteiger partial charge in [0.1, 0.15) is 5.82 Å². The summed E-state index contributed by atoms with van der Waals surface area (Å²) in [5.41, 5.74) is 3.08. The zero-order chi connectivity index (χ0) is 13.7. The number of halogens is 1. The van der Waals surface area contributed by atoms with Crippen molar-refractivity contribution in [1.82, 2.24) is 4.90 Å². The molecule has 0 amide bonds. The molecule has 98 valence electrons. The van der Waals surface area contributed by atoms with Gasteiger partial charge >= 0.3 is 0 Å². The van der Waals surface area contributed by atoms with E-state index in [0.29, 0.717) is 0 Å². The lowest BCUT2D eigenvalue weighted by Gasteiger charge is -2.11. The molecular weight excluding hydrogens is 237 g/mol. The Morgan fingerprint density at radius 1 is 1.00 bits per heavy atom. The first-order valence-electron chi connectivity index (χ1n) is 6.33. The van der Waals surface area contributed by atoms with Gasteiger partial charge in [-0.05, 0) is 42.9 Å². The summed E-state index contributed by atoms with van der Waals surface area (Å²) in [5, 5.41) is 0. The number of likely N-dealkylation sites (N-methyl/N-ethyl adjacent to an activating group) is 1. The average Bonchev–Trinajstić information content (AvgIpc) is 2.40. The third-order valence-electron chi connectivity index (χ3n) is 2.88. The van der Waals surface area contributed by atoms with E-state index in [1.54, 1.807) is 12.1 Å². The molecule has 1 nitrogen and oxygen atoms in total. The van der Waals surface area contributed by atoms with Crippen LogP contribution >= 0.6 is 0 Å². The maximum atomic E-state index is 13.4. The Morgan fingerprint density at radius 3 is 2.32 bits per heavy atom. The van der Waals surface area contributed by atoms with E-state index in [1.807, 2.05) is 50.5 Å². The molecule has 0 bridgehead atoms. The van der Waals surface area contributed by atoms with Gasteiger partial charge in [-0.15, -0.1) is 0 Å². The highest BCUT2D eigenvalue weighted by molar-refractivity contribution is 5.79. The maximum Gasteiger partial charge on any atom is 0.123 e. The summed E-state index contributed by atoms with van der Waals surface area (Å²) < 4.78 is 13.4. The minimum absolute atomic E-state index is 0.204. The van der Waals surface area contributed by atoms with Crippen LogP contribution in [0.5, 0.6) is 0 Å². The van der Waals surface area contributed by atoms with Crippen molar-refractivity contribution >= 4 is 5.57 Å². The average molecular weight is 255 g/mol. The zero-order valence-corrected chi connectivity index (χ0v) is 11.3. The van der Waals surface area contributed by atoms with Crippen molar-refractivity contribution in [2.45, 2.75) is 0 Å². The Hall–Kier alpha value is -1.93. The van der Waals surface area contributed by atoms with E-state index in [4.69, 9.17) is 0 Å². The van der Waals surface area contributed by atoms with Gasteiger partial charge in [-0.25, -0.2) is 4.39 Å². The van der Waals surface area contributed by atoms with E-state index in [0.717, 1.165) is 23.2 Å². The van der Waals surface area contributed by atoms with Crippen molar-refractivity contribution in [1.29, 1.82) is 0 Å². The van der Waals surface area contributed by atoms with Crippen LogP contribution in [0.3, 0.4) is 0 Å². The molecule has 0 saturated heterocycles. The molecule has 0 heterocycles. The number of hydrogen-bond acceptors (Lipinski definition) is 1. The molecule has 19 heavy (non-hydrogen) atoms. The molecule has 2 aromatic rings. The number of benzene rings is 2. The fraction of sp³-hybridized carbons (Fsp3) is 0.176. The molecule has 0 radical (unpaired) electrons. The van der Waals surface area contributed by atoms with Crippen molar-refractivity contribution < 1.29 is 4.39 Å². The first kappa shape index (κ1) is 13.5. The highest BCUT2D eigenvalue weighted by Crippen LogP contribution is 2.23. The molecule has 2 heteroatoms. The normalized spacial score (nSPS) is 11.9.